The van der Waals surface area contributed by atoms with E-state index in [-0.39, 0.29) is 0 Å². The molecule has 0 bridgehead atoms. The van der Waals surface area contributed by atoms with E-state index in [0.717, 1.165) is 25.2 Å². The summed E-state index contributed by atoms with van der Waals surface area (Å²) in [5, 5.41) is 3.29. The van der Waals surface area contributed by atoms with Crippen molar-refractivity contribution < 1.29 is 0 Å². The van der Waals surface area contributed by atoms with Gasteiger partial charge in [0, 0.05) is 12.7 Å². The van der Waals surface area contributed by atoms with Gasteiger partial charge >= 0.3 is 0 Å². The van der Waals surface area contributed by atoms with E-state index in [1.165, 1.54) is 23.3 Å². The van der Waals surface area contributed by atoms with Gasteiger partial charge in [-0.15, -0.1) is 0 Å². The van der Waals surface area contributed by atoms with E-state index >= 15 is 0 Å². The van der Waals surface area contributed by atoms with Gasteiger partial charge in [-0.05, 0) is 50.2 Å². The van der Waals surface area contributed by atoms with E-state index in [1.54, 1.807) is 6.08 Å². The first-order chi connectivity index (χ1) is 10.5. The minimum absolute atomic E-state index is 0.728. The molecule has 1 heteroatoms. The molecule has 1 N–H and O–H groups in total. The van der Waals surface area contributed by atoms with Crippen LogP contribution < -0.4 is 5.32 Å². The van der Waals surface area contributed by atoms with E-state index in [1.807, 2.05) is 26.1 Å². The second-order valence-electron chi connectivity index (χ2n) is 5.87. The third kappa shape index (κ3) is 11.0. The number of allylic oxidation sites excluding steroid dienone is 10. The van der Waals surface area contributed by atoms with Gasteiger partial charge in [0.15, 0.2) is 0 Å². The molecule has 0 aromatic heterocycles. The number of rotatable bonds is 11. The largest absolute Gasteiger partial charge is 0.391 e. The average molecular weight is 300 g/mol. The first kappa shape index (κ1) is 20.2. The fourth-order valence-electron chi connectivity index (χ4n) is 2.03. The van der Waals surface area contributed by atoms with Crippen molar-refractivity contribution in [1.82, 2.24) is 5.32 Å². The molecule has 0 heterocycles. The summed E-state index contributed by atoms with van der Waals surface area (Å²) < 4.78 is 0. The second kappa shape index (κ2) is 12.9. The van der Waals surface area contributed by atoms with Crippen LogP contribution in [0.4, 0.5) is 0 Å². The molecule has 0 aromatic carbocycles. The van der Waals surface area contributed by atoms with Crippen LogP contribution in [0.15, 0.2) is 72.5 Å². The van der Waals surface area contributed by atoms with Gasteiger partial charge in [0.2, 0.25) is 0 Å². The molecule has 0 spiro atoms. The molecule has 22 heavy (non-hydrogen) atoms. The minimum atomic E-state index is 0.728. The molecule has 0 radical (unpaired) electrons. The number of hydrogen-bond acceptors (Lipinski definition) is 1. The Labute approximate surface area is 137 Å². The van der Waals surface area contributed by atoms with Crippen LogP contribution in [-0.4, -0.2) is 7.05 Å². The number of nitrogens with one attached hydrogen (secondary N) is 1. The van der Waals surface area contributed by atoms with Gasteiger partial charge in [0.1, 0.15) is 0 Å². The van der Waals surface area contributed by atoms with Gasteiger partial charge in [0.25, 0.3) is 0 Å². The van der Waals surface area contributed by atoms with Gasteiger partial charge in [-0.1, -0.05) is 69.0 Å². The lowest BCUT2D eigenvalue weighted by Gasteiger charge is -2.10. The summed E-state index contributed by atoms with van der Waals surface area (Å²) in [6, 6.07) is 0. The van der Waals surface area contributed by atoms with Crippen molar-refractivity contribution in [2.45, 2.75) is 46.5 Å². The molecule has 0 aliphatic carbocycles. The summed E-state index contributed by atoms with van der Waals surface area (Å²) in [6.45, 7) is 14.4. The summed E-state index contributed by atoms with van der Waals surface area (Å²) in [7, 11) is 1.99. The van der Waals surface area contributed by atoms with Crippen LogP contribution in [-0.2, 0) is 0 Å². The highest BCUT2D eigenvalue weighted by Crippen LogP contribution is 2.16. The molecular formula is C21H33N. The molecule has 0 fully saturated rings. The average Bonchev–Trinajstić information content (AvgIpc) is 2.49. The molecular weight excluding hydrogens is 266 g/mol. The van der Waals surface area contributed by atoms with Crippen LogP contribution in [0.2, 0.25) is 0 Å². The van der Waals surface area contributed by atoms with E-state index in [4.69, 9.17) is 0 Å². The fourth-order valence-corrected chi connectivity index (χ4v) is 2.03. The highest BCUT2D eigenvalue weighted by molar-refractivity contribution is 5.27. The Morgan fingerprint density at radius 2 is 1.86 bits per heavy atom. The Hall–Kier alpha value is -1.76. The Bertz CT molecular complexity index is 445. The lowest BCUT2D eigenvalue weighted by atomic mass is 10.0. The van der Waals surface area contributed by atoms with Gasteiger partial charge in [0.05, 0.1) is 0 Å². The summed E-state index contributed by atoms with van der Waals surface area (Å²) >= 11 is 0. The Morgan fingerprint density at radius 3 is 2.41 bits per heavy atom. The van der Waals surface area contributed by atoms with Crippen LogP contribution in [0.25, 0.3) is 0 Å². The molecule has 0 unspecified atom stereocenters. The quantitative estimate of drug-likeness (QED) is 0.454. The van der Waals surface area contributed by atoms with Crippen molar-refractivity contribution in [3.8, 4) is 0 Å². The first-order valence-corrected chi connectivity index (χ1v) is 8.20. The van der Waals surface area contributed by atoms with Crippen LogP contribution in [0, 0.1) is 5.92 Å². The zero-order valence-corrected chi connectivity index (χ0v) is 14.9. The fraction of sp³-hybridized carbons (Fsp3) is 0.429. The Kier molecular flexibility index (Phi) is 11.9. The van der Waals surface area contributed by atoms with Crippen molar-refractivity contribution in [1.29, 1.82) is 0 Å². The summed E-state index contributed by atoms with van der Waals surface area (Å²) in [5.74, 6) is 0.728. The lowest BCUT2D eigenvalue weighted by molar-refractivity contribution is 0.573. The topological polar surface area (TPSA) is 12.0 Å². The first-order valence-electron chi connectivity index (χ1n) is 8.20. The molecule has 122 valence electrons. The second-order valence-corrected chi connectivity index (χ2v) is 5.87. The standard InChI is InChI=1S/C21H33N/c1-7-9-10-12-20(11-8-2)15-14-19(5)17-21(22-6)16-13-18(3)4/h7-12,17-18,22H,1,5,13-16H2,2-4,6H3/b10-9-,11-8-,20-12+,21-17-. The van der Waals surface area contributed by atoms with E-state index < -0.39 is 0 Å². The van der Waals surface area contributed by atoms with Crippen LogP contribution in [0.3, 0.4) is 0 Å². The van der Waals surface area contributed by atoms with Gasteiger partial charge < -0.3 is 5.32 Å². The van der Waals surface area contributed by atoms with Crippen molar-refractivity contribution in [3.05, 3.63) is 72.5 Å². The normalized spacial score (nSPS) is 13.3. The van der Waals surface area contributed by atoms with Crippen molar-refractivity contribution in [3.63, 3.8) is 0 Å². The Morgan fingerprint density at radius 1 is 1.14 bits per heavy atom. The minimum Gasteiger partial charge on any atom is -0.391 e. The monoisotopic (exact) mass is 299 g/mol. The maximum absolute atomic E-state index is 4.20. The van der Waals surface area contributed by atoms with E-state index in [2.05, 4.69) is 56.6 Å². The summed E-state index contributed by atoms with van der Waals surface area (Å²) in [4.78, 5) is 0. The lowest BCUT2D eigenvalue weighted by Crippen LogP contribution is -2.07. The van der Waals surface area contributed by atoms with Crippen molar-refractivity contribution in [2.75, 3.05) is 7.05 Å². The van der Waals surface area contributed by atoms with Gasteiger partial charge in [-0.25, -0.2) is 0 Å². The molecule has 0 aliphatic heterocycles. The summed E-state index contributed by atoms with van der Waals surface area (Å²) in [6.07, 6.45) is 18.6. The maximum atomic E-state index is 4.20. The molecule has 0 atom stereocenters. The molecule has 1 nitrogen and oxygen atoms in total. The SMILES string of the molecule is C=C\C=C/C=C(\C=C/C)CCC(=C)/C=C(/CCC(C)C)NC. The van der Waals surface area contributed by atoms with Crippen LogP contribution in [0.1, 0.15) is 46.5 Å². The molecule has 0 amide bonds. The smallest absolute Gasteiger partial charge is 0.0107 e. The summed E-state index contributed by atoms with van der Waals surface area (Å²) in [5.41, 5.74) is 3.77. The van der Waals surface area contributed by atoms with Gasteiger partial charge in [-0.2, -0.15) is 0 Å². The molecule has 0 saturated carbocycles. The predicted molar refractivity (Wildman–Crippen MR) is 102 cm³/mol. The third-order valence-corrected chi connectivity index (χ3v) is 3.36. The zero-order chi connectivity index (χ0) is 16.8. The predicted octanol–water partition coefficient (Wildman–Crippen LogP) is 6.11. The van der Waals surface area contributed by atoms with E-state index in [9.17, 15) is 0 Å². The van der Waals surface area contributed by atoms with Crippen LogP contribution in [0.5, 0.6) is 0 Å². The molecule has 0 rings (SSSR count). The van der Waals surface area contributed by atoms with E-state index in [0.29, 0.717) is 0 Å². The molecule has 0 saturated heterocycles. The highest BCUT2D eigenvalue weighted by atomic mass is 14.8. The number of hydrogen-bond donors (Lipinski definition) is 1. The van der Waals surface area contributed by atoms with Crippen molar-refractivity contribution in [2.24, 2.45) is 5.92 Å². The van der Waals surface area contributed by atoms with Crippen LogP contribution >= 0.6 is 0 Å². The highest BCUT2D eigenvalue weighted by Gasteiger charge is 2.00. The molecule has 0 aliphatic rings. The van der Waals surface area contributed by atoms with Gasteiger partial charge in [-0.3, -0.25) is 0 Å². The zero-order valence-electron chi connectivity index (χ0n) is 14.9. The molecule has 0 aromatic rings. The van der Waals surface area contributed by atoms with Crippen molar-refractivity contribution >= 4 is 0 Å². The third-order valence-electron chi connectivity index (χ3n) is 3.36. The maximum Gasteiger partial charge on any atom is 0.0107 e. The Balaban J connectivity index is 4.57.